The predicted octanol–water partition coefficient (Wildman–Crippen LogP) is 2.31. The molecule has 186 valence electrons. The molecule has 2 atom stereocenters. The van der Waals surface area contributed by atoms with Gasteiger partial charge in [-0.1, -0.05) is 23.7 Å². The number of benzene rings is 1. The maximum absolute atomic E-state index is 13.1. The molecule has 8 nitrogen and oxygen atoms in total. The normalized spacial score (nSPS) is 24.4. The molecule has 3 heterocycles. The Labute approximate surface area is 207 Å². The first-order valence-electron chi connectivity index (χ1n) is 12.1. The van der Waals surface area contributed by atoms with Gasteiger partial charge in [0.05, 0.1) is 6.54 Å². The first-order valence-corrected chi connectivity index (χ1v) is 14.0. The number of hydrogen-bond acceptors (Lipinski definition) is 5. The molecule has 10 heteroatoms. The molecule has 3 fully saturated rings. The van der Waals surface area contributed by atoms with Gasteiger partial charge in [-0.2, -0.15) is 4.72 Å². The fraction of sp³-hybridized carbons (Fsp3) is 0.583. The maximum atomic E-state index is 13.1. The van der Waals surface area contributed by atoms with Crippen LogP contribution in [0.4, 0.5) is 0 Å². The number of piperidine rings is 1. The summed E-state index contributed by atoms with van der Waals surface area (Å²) < 4.78 is 27.6. The number of likely N-dealkylation sites (tertiary alicyclic amines) is 3. The number of halogens is 1. The van der Waals surface area contributed by atoms with Crippen molar-refractivity contribution in [1.29, 1.82) is 0 Å². The summed E-state index contributed by atoms with van der Waals surface area (Å²) in [4.78, 5) is 31.9. The molecular formula is C24H33ClN4O4S. The van der Waals surface area contributed by atoms with Crippen LogP contribution in [0.15, 0.2) is 29.7 Å². The van der Waals surface area contributed by atoms with E-state index in [1.54, 1.807) is 24.3 Å². The van der Waals surface area contributed by atoms with Gasteiger partial charge in [-0.25, -0.2) is 8.42 Å². The van der Waals surface area contributed by atoms with E-state index in [4.69, 9.17) is 11.6 Å². The van der Waals surface area contributed by atoms with Crippen LogP contribution in [0, 0.1) is 0 Å². The van der Waals surface area contributed by atoms with Crippen LogP contribution < -0.4 is 4.72 Å². The average Bonchev–Trinajstić information content (AvgIpc) is 3.48. The van der Waals surface area contributed by atoms with Crippen LogP contribution in [0.2, 0.25) is 5.02 Å². The van der Waals surface area contributed by atoms with Crippen LogP contribution in [-0.2, 0) is 19.6 Å². The number of nitrogens with one attached hydrogen (secondary N) is 1. The van der Waals surface area contributed by atoms with Gasteiger partial charge in [-0.05, 0) is 75.4 Å². The second-order valence-electron chi connectivity index (χ2n) is 9.37. The molecule has 1 aromatic carbocycles. The zero-order valence-corrected chi connectivity index (χ0v) is 20.9. The van der Waals surface area contributed by atoms with Crippen LogP contribution in [0.5, 0.6) is 0 Å². The molecular weight excluding hydrogens is 476 g/mol. The van der Waals surface area contributed by atoms with E-state index < -0.39 is 16.1 Å². The lowest BCUT2D eigenvalue weighted by atomic mass is 10.1. The minimum absolute atomic E-state index is 0.00587. The summed E-state index contributed by atoms with van der Waals surface area (Å²) in [7, 11) is -3.84. The summed E-state index contributed by atoms with van der Waals surface area (Å²) in [6.45, 7) is 4.29. The highest BCUT2D eigenvalue weighted by Gasteiger charge is 2.36. The van der Waals surface area contributed by atoms with E-state index in [0.29, 0.717) is 30.0 Å². The molecule has 1 aromatic rings. The van der Waals surface area contributed by atoms with E-state index in [9.17, 15) is 18.0 Å². The summed E-state index contributed by atoms with van der Waals surface area (Å²) in [6.07, 6.45) is 6.91. The topological polar surface area (TPSA) is 90.0 Å². The highest BCUT2D eigenvalue weighted by molar-refractivity contribution is 7.92. The highest BCUT2D eigenvalue weighted by Crippen LogP contribution is 2.22. The Balaban J connectivity index is 1.33. The molecule has 0 aliphatic carbocycles. The van der Waals surface area contributed by atoms with Gasteiger partial charge in [-0.15, -0.1) is 0 Å². The Bertz CT molecular complexity index is 1030. The van der Waals surface area contributed by atoms with Crippen molar-refractivity contribution < 1.29 is 18.0 Å². The maximum Gasteiger partial charge on any atom is 0.242 e. The molecule has 3 aliphatic heterocycles. The van der Waals surface area contributed by atoms with Crippen molar-refractivity contribution in [2.24, 2.45) is 0 Å². The molecule has 0 spiro atoms. The van der Waals surface area contributed by atoms with Crippen LogP contribution in [0.3, 0.4) is 0 Å². The fourth-order valence-corrected chi connectivity index (χ4v) is 6.32. The van der Waals surface area contributed by atoms with Gasteiger partial charge >= 0.3 is 0 Å². The summed E-state index contributed by atoms with van der Waals surface area (Å²) >= 11 is 5.94. The molecule has 0 radical (unpaired) electrons. The number of carbonyl (C=O) groups excluding carboxylic acids is 2. The molecule has 0 aromatic heterocycles. The second kappa shape index (κ2) is 11.2. The van der Waals surface area contributed by atoms with Crippen LogP contribution in [-0.4, -0.2) is 86.3 Å². The molecule has 0 unspecified atom stereocenters. The lowest BCUT2D eigenvalue weighted by Gasteiger charge is -2.34. The lowest BCUT2D eigenvalue weighted by molar-refractivity contribution is -0.143. The van der Waals surface area contributed by atoms with Crippen LogP contribution in [0.1, 0.15) is 44.1 Å². The molecule has 2 amide bonds. The van der Waals surface area contributed by atoms with Gasteiger partial charge in [0.2, 0.25) is 21.8 Å². The van der Waals surface area contributed by atoms with Crippen LogP contribution >= 0.6 is 11.6 Å². The smallest absolute Gasteiger partial charge is 0.242 e. The van der Waals surface area contributed by atoms with Gasteiger partial charge in [0, 0.05) is 36.1 Å². The molecule has 0 bridgehead atoms. The van der Waals surface area contributed by atoms with E-state index >= 15 is 0 Å². The SMILES string of the molecule is O=C1[C@@H](NS(=O)(=O)/C=C/c2cccc(Cl)c2)CCCN1CC(=O)N1CCC[C@H]1CN1CCCC1. The van der Waals surface area contributed by atoms with E-state index in [1.807, 2.05) is 4.90 Å². The lowest BCUT2D eigenvalue weighted by Crippen LogP contribution is -2.55. The first-order chi connectivity index (χ1) is 16.3. The standard InChI is InChI=1S/C24H33ClN4O4S/c25-20-7-3-6-19(16-20)10-15-34(32,33)26-22-9-5-13-28(24(22)31)18-23(30)29-14-4-8-21(29)17-27-11-1-2-12-27/h3,6-7,10,15-16,21-22,26H,1-2,4-5,8-9,11-14,17-18H2/b15-10+/t21-,22-/m0/s1. The molecule has 1 N–H and O–H groups in total. The van der Waals surface area contributed by atoms with Gasteiger partial charge < -0.3 is 14.7 Å². The second-order valence-corrected chi connectivity index (χ2v) is 11.4. The number of rotatable bonds is 8. The van der Waals surface area contributed by atoms with Gasteiger partial charge in [0.15, 0.2) is 0 Å². The third-order valence-electron chi connectivity index (χ3n) is 6.82. The third kappa shape index (κ3) is 6.59. The number of carbonyl (C=O) groups is 2. The minimum atomic E-state index is -3.84. The Morgan fingerprint density at radius 1 is 1.09 bits per heavy atom. The van der Waals surface area contributed by atoms with Crippen molar-refractivity contribution in [3.8, 4) is 0 Å². The van der Waals surface area contributed by atoms with Crippen LogP contribution in [0.25, 0.3) is 6.08 Å². The number of nitrogens with zero attached hydrogens (tertiary/aromatic N) is 3. The van der Waals surface area contributed by atoms with Crippen molar-refractivity contribution in [3.63, 3.8) is 0 Å². The monoisotopic (exact) mass is 508 g/mol. The quantitative estimate of drug-likeness (QED) is 0.582. The van der Waals surface area contributed by atoms with Crippen molar-refractivity contribution in [2.45, 2.75) is 50.6 Å². The Morgan fingerprint density at radius 3 is 2.62 bits per heavy atom. The third-order valence-corrected chi connectivity index (χ3v) is 8.16. The molecule has 4 rings (SSSR count). The molecule has 3 saturated heterocycles. The van der Waals surface area contributed by atoms with Gasteiger partial charge in [0.1, 0.15) is 6.04 Å². The first kappa shape index (κ1) is 25.2. The van der Waals surface area contributed by atoms with Crippen molar-refractivity contribution in [3.05, 3.63) is 40.3 Å². The van der Waals surface area contributed by atoms with Crippen molar-refractivity contribution in [2.75, 3.05) is 39.3 Å². The Hall–Kier alpha value is -1.94. The molecule has 0 saturated carbocycles. The summed E-state index contributed by atoms with van der Waals surface area (Å²) in [6, 6.07) is 6.18. The largest absolute Gasteiger partial charge is 0.337 e. The number of sulfonamides is 1. The zero-order chi connectivity index (χ0) is 24.1. The van der Waals surface area contributed by atoms with Crippen molar-refractivity contribution >= 4 is 39.5 Å². The number of amides is 2. The Morgan fingerprint density at radius 2 is 1.85 bits per heavy atom. The minimum Gasteiger partial charge on any atom is -0.337 e. The van der Waals surface area contributed by atoms with E-state index in [-0.39, 0.29) is 24.4 Å². The highest BCUT2D eigenvalue weighted by atomic mass is 35.5. The zero-order valence-electron chi connectivity index (χ0n) is 19.4. The van der Waals surface area contributed by atoms with E-state index in [2.05, 4.69) is 9.62 Å². The van der Waals surface area contributed by atoms with Gasteiger partial charge in [-0.3, -0.25) is 9.59 Å². The predicted molar refractivity (Wildman–Crippen MR) is 133 cm³/mol. The fourth-order valence-electron chi connectivity index (χ4n) is 5.09. The molecule has 34 heavy (non-hydrogen) atoms. The molecule has 3 aliphatic rings. The Kier molecular flexibility index (Phi) is 8.29. The van der Waals surface area contributed by atoms with E-state index in [1.165, 1.54) is 23.8 Å². The summed E-state index contributed by atoms with van der Waals surface area (Å²) in [5.74, 6) is -0.381. The van der Waals surface area contributed by atoms with Gasteiger partial charge in [0.25, 0.3) is 0 Å². The van der Waals surface area contributed by atoms with E-state index in [0.717, 1.165) is 44.4 Å². The van der Waals surface area contributed by atoms with Crippen molar-refractivity contribution in [1.82, 2.24) is 19.4 Å². The average molecular weight is 509 g/mol. The summed E-state index contributed by atoms with van der Waals surface area (Å²) in [5.41, 5.74) is 0.647. The summed E-state index contributed by atoms with van der Waals surface area (Å²) in [5, 5.41) is 1.56. The number of hydrogen-bond donors (Lipinski definition) is 1.